The zero-order valence-corrected chi connectivity index (χ0v) is 21.0. The molecule has 11 heteroatoms. The molecule has 2 fully saturated rings. The lowest BCUT2D eigenvalue weighted by Crippen LogP contribution is -2.58. The summed E-state index contributed by atoms with van der Waals surface area (Å²) in [5.41, 5.74) is 3.06. The van der Waals surface area contributed by atoms with Gasteiger partial charge >= 0.3 is 0 Å². The van der Waals surface area contributed by atoms with Gasteiger partial charge in [0.05, 0.1) is 13.2 Å². The van der Waals surface area contributed by atoms with Gasteiger partial charge in [0.15, 0.2) is 5.78 Å². The van der Waals surface area contributed by atoms with Gasteiger partial charge in [-0.1, -0.05) is 35.8 Å². The van der Waals surface area contributed by atoms with Gasteiger partial charge in [-0.05, 0) is 35.4 Å². The largest absolute Gasteiger partial charge is 0.394 e. The van der Waals surface area contributed by atoms with E-state index < -0.39 is 74.3 Å². The Labute approximate surface area is 228 Å². The molecule has 0 saturated carbocycles. The van der Waals surface area contributed by atoms with E-state index >= 15 is 0 Å². The highest BCUT2D eigenvalue weighted by molar-refractivity contribution is 6.22. The highest BCUT2D eigenvalue weighted by atomic mass is 16.5. The van der Waals surface area contributed by atoms with Crippen molar-refractivity contribution in [3.63, 3.8) is 0 Å². The van der Waals surface area contributed by atoms with Crippen LogP contribution in [-0.4, -0.2) is 121 Å². The lowest BCUT2D eigenvalue weighted by Gasteiger charge is -2.37. The van der Waals surface area contributed by atoms with Crippen LogP contribution in [0.1, 0.15) is 27.0 Å². The van der Waals surface area contributed by atoms with Crippen LogP contribution in [0.5, 0.6) is 0 Å². The summed E-state index contributed by atoms with van der Waals surface area (Å²) in [5.74, 6) is 10.7. The SMILES string of the molecule is O=C1c2cc(C#C[C@H]3O[C@H](CO)[C@@H](O)[C@H](O)[C@@H]3O)ccc2-c2ccc(C#C[C@H]3O[C@H](CO)[C@@H](O)[C@H](O)[C@@H]3O)cc21. The van der Waals surface area contributed by atoms with E-state index in [1.807, 2.05) is 0 Å². The molecule has 0 spiro atoms. The minimum absolute atomic E-state index is 0.266. The van der Waals surface area contributed by atoms with Crippen molar-refractivity contribution in [1.82, 2.24) is 0 Å². The van der Waals surface area contributed by atoms with Crippen LogP contribution >= 0.6 is 0 Å². The molecule has 2 aromatic rings. The molecule has 2 saturated heterocycles. The molecule has 0 aromatic heterocycles. The first-order valence-corrected chi connectivity index (χ1v) is 12.6. The molecule has 1 aliphatic carbocycles. The third kappa shape index (κ3) is 5.05. The molecular weight excluding hydrogens is 524 g/mol. The van der Waals surface area contributed by atoms with Crippen LogP contribution in [0, 0.1) is 23.7 Å². The Kier molecular flexibility index (Phi) is 8.06. The molecule has 2 heterocycles. The van der Waals surface area contributed by atoms with E-state index in [1.54, 1.807) is 36.4 Å². The zero-order valence-electron chi connectivity index (χ0n) is 21.0. The molecule has 2 aliphatic heterocycles. The normalized spacial score (nSPS) is 34.6. The zero-order chi connectivity index (χ0) is 28.7. The fourth-order valence-corrected chi connectivity index (χ4v) is 4.99. The first kappa shape index (κ1) is 28.4. The van der Waals surface area contributed by atoms with Gasteiger partial charge in [-0.25, -0.2) is 0 Å². The molecule has 0 unspecified atom stereocenters. The predicted molar refractivity (Wildman–Crippen MR) is 137 cm³/mol. The molecule has 0 bridgehead atoms. The molecular formula is C29H28O11. The van der Waals surface area contributed by atoms with E-state index in [9.17, 15) is 45.6 Å². The van der Waals surface area contributed by atoms with Crippen molar-refractivity contribution in [1.29, 1.82) is 0 Å². The first-order valence-electron chi connectivity index (χ1n) is 12.6. The summed E-state index contributed by atoms with van der Waals surface area (Å²) in [5, 5.41) is 78.8. The van der Waals surface area contributed by atoms with Crippen LogP contribution in [0.2, 0.25) is 0 Å². The molecule has 210 valence electrons. The number of carbonyl (C=O) groups is 1. The molecule has 10 atom stereocenters. The summed E-state index contributed by atoms with van der Waals surface area (Å²) >= 11 is 0. The summed E-state index contributed by atoms with van der Waals surface area (Å²) in [6, 6.07) is 10.0. The summed E-state index contributed by atoms with van der Waals surface area (Å²) in [6.07, 6.45) is -13.5. The Morgan fingerprint density at radius 1 is 0.575 bits per heavy atom. The van der Waals surface area contributed by atoms with Crippen molar-refractivity contribution in [3.8, 4) is 34.8 Å². The first-order chi connectivity index (χ1) is 19.1. The second kappa shape index (κ2) is 11.4. The van der Waals surface area contributed by atoms with E-state index in [-0.39, 0.29) is 5.78 Å². The van der Waals surface area contributed by atoms with E-state index in [1.165, 1.54) is 0 Å². The second-order valence-electron chi connectivity index (χ2n) is 9.89. The highest BCUT2D eigenvalue weighted by Gasteiger charge is 2.43. The minimum Gasteiger partial charge on any atom is -0.394 e. The van der Waals surface area contributed by atoms with E-state index in [0.717, 1.165) is 0 Å². The molecule has 5 rings (SSSR count). The fourth-order valence-electron chi connectivity index (χ4n) is 4.99. The number of carbonyl (C=O) groups excluding carboxylic acids is 1. The average molecular weight is 553 g/mol. The molecule has 8 N–H and O–H groups in total. The van der Waals surface area contributed by atoms with Gasteiger partial charge in [0, 0.05) is 22.3 Å². The maximum Gasteiger partial charge on any atom is 0.194 e. The van der Waals surface area contributed by atoms with Gasteiger partial charge in [0.25, 0.3) is 0 Å². The van der Waals surface area contributed by atoms with E-state index in [0.29, 0.717) is 33.4 Å². The maximum absolute atomic E-state index is 13.2. The molecule has 0 radical (unpaired) electrons. The Bertz CT molecular complexity index is 1310. The van der Waals surface area contributed by atoms with Crippen LogP contribution in [0.3, 0.4) is 0 Å². The third-order valence-electron chi connectivity index (χ3n) is 7.32. The molecule has 2 aromatic carbocycles. The number of rotatable bonds is 2. The number of ketones is 1. The van der Waals surface area contributed by atoms with Crippen molar-refractivity contribution < 1.29 is 55.1 Å². The lowest BCUT2D eigenvalue weighted by molar-refractivity contribution is -0.214. The van der Waals surface area contributed by atoms with Crippen LogP contribution < -0.4 is 0 Å². The Morgan fingerprint density at radius 2 is 0.975 bits per heavy atom. The number of ether oxygens (including phenoxy) is 2. The van der Waals surface area contributed by atoms with Gasteiger partial charge in [-0.2, -0.15) is 0 Å². The standard InChI is InChI=1S/C29H28O11/c30-11-21-26(35)28(37)24(33)19(39-21)7-3-13-1-5-15-16-6-2-14(10-18(16)23(32)17(15)9-13)4-8-20-25(34)29(38)27(36)22(12-31)40-20/h1-2,5-6,9-10,19-22,24-31,33-38H,11-12H2/t19-,20-,21-,22-,24-,25-,26-,27-,28-,29-/m1/s1. The summed E-state index contributed by atoms with van der Waals surface area (Å²) in [6.45, 7) is -1.13. The van der Waals surface area contributed by atoms with Gasteiger partial charge in [-0.3, -0.25) is 4.79 Å². The summed E-state index contributed by atoms with van der Waals surface area (Å²) < 4.78 is 10.8. The number of benzene rings is 2. The highest BCUT2D eigenvalue weighted by Crippen LogP contribution is 2.37. The van der Waals surface area contributed by atoms with Crippen LogP contribution in [-0.2, 0) is 9.47 Å². The second-order valence-corrected chi connectivity index (χ2v) is 9.89. The van der Waals surface area contributed by atoms with Gasteiger partial charge in [0.1, 0.15) is 61.0 Å². The fraction of sp³-hybridized carbons (Fsp3) is 0.414. The van der Waals surface area contributed by atoms with Gasteiger partial charge < -0.3 is 50.3 Å². The molecule has 40 heavy (non-hydrogen) atoms. The topological polar surface area (TPSA) is 197 Å². The van der Waals surface area contributed by atoms with E-state index in [4.69, 9.17) is 9.47 Å². The minimum atomic E-state index is -1.54. The summed E-state index contributed by atoms with van der Waals surface area (Å²) in [4.78, 5) is 13.2. The van der Waals surface area contributed by atoms with E-state index in [2.05, 4.69) is 23.7 Å². The third-order valence-corrected chi connectivity index (χ3v) is 7.32. The molecule has 0 amide bonds. The number of aliphatic hydroxyl groups excluding tert-OH is 8. The van der Waals surface area contributed by atoms with Gasteiger partial charge in [0.2, 0.25) is 0 Å². The van der Waals surface area contributed by atoms with Crippen molar-refractivity contribution in [2.45, 2.75) is 61.0 Å². The monoisotopic (exact) mass is 552 g/mol. The van der Waals surface area contributed by atoms with Crippen molar-refractivity contribution in [3.05, 3.63) is 58.7 Å². The number of aliphatic hydroxyl groups is 8. The van der Waals surface area contributed by atoms with Crippen molar-refractivity contribution >= 4 is 5.78 Å². The van der Waals surface area contributed by atoms with Crippen molar-refractivity contribution in [2.24, 2.45) is 0 Å². The maximum atomic E-state index is 13.2. The summed E-state index contributed by atoms with van der Waals surface area (Å²) in [7, 11) is 0. The number of hydrogen-bond donors (Lipinski definition) is 8. The molecule has 3 aliphatic rings. The quantitative estimate of drug-likeness (QED) is 0.154. The van der Waals surface area contributed by atoms with Crippen molar-refractivity contribution in [2.75, 3.05) is 13.2 Å². The lowest BCUT2D eigenvalue weighted by atomic mass is 9.95. The van der Waals surface area contributed by atoms with Crippen LogP contribution in [0.4, 0.5) is 0 Å². The number of hydrogen-bond acceptors (Lipinski definition) is 11. The number of fused-ring (bicyclic) bond motifs is 3. The Morgan fingerprint density at radius 3 is 1.35 bits per heavy atom. The smallest absolute Gasteiger partial charge is 0.194 e. The van der Waals surface area contributed by atoms with Crippen LogP contribution in [0.15, 0.2) is 36.4 Å². The average Bonchev–Trinajstić information content (AvgIpc) is 3.24. The van der Waals surface area contributed by atoms with Gasteiger partial charge in [-0.15, -0.1) is 0 Å². The Balaban J connectivity index is 1.35. The van der Waals surface area contributed by atoms with Crippen LogP contribution in [0.25, 0.3) is 11.1 Å². The Hall–Kier alpha value is -3.17. The predicted octanol–water partition coefficient (Wildman–Crippen LogP) is -2.71. The molecule has 11 nitrogen and oxygen atoms in total.